The molecule has 0 bridgehead atoms. The van der Waals surface area contributed by atoms with Crippen LogP contribution in [0.3, 0.4) is 0 Å². The zero-order valence-corrected chi connectivity index (χ0v) is 19.6. The van der Waals surface area contributed by atoms with Crippen molar-refractivity contribution in [1.82, 2.24) is 14.9 Å². The highest BCUT2D eigenvalue weighted by Crippen LogP contribution is 2.29. The molecule has 1 aliphatic carbocycles. The van der Waals surface area contributed by atoms with E-state index in [0.29, 0.717) is 6.54 Å². The minimum atomic E-state index is 0.145. The summed E-state index contributed by atoms with van der Waals surface area (Å²) < 4.78 is 0. The van der Waals surface area contributed by atoms with E-state index in [2.05, 4.69) is 51.0 Å². The van der Waals surface area contributed by atoms with Gasteiger partial charge in [0.25, 0.3) is 0 Å². The van der Waals surface area contributed by atoms with Crippen molar-refractivity contribution in [1.29, 1.82) is 0 Å². The molecule has 2 fully saturated rings. The molecule has 3 heterocycles. The van der Waals surface area contributed by atoms with Gasteiger partial charge in [0.1, 0.15) is 5.82 Å². The molecule has 1 saturated heterocycles. The van der Waals surface area contributed by atoms with Crippen LogP contribution < -0.4 is 9.80 Å². The Bertz CT molecular complexity index is 1050. The molecule has 2 aromatic heterocycles. The Balaban J connectivity index is 1.25. The van der Waals surface area contributed by atoms with Crippen molar-refractivity contribution in [2.24, 2.45) is 5.92 Å². The lowest BCUT2D eigenvalue weighted by Gasteiger charge is -2.41. The average Bonchev–Trinajstić information content (AvgIpc) is 3.37. The predicted molar refractivity (Wildman–Crippen MR) is 135 cm³/mol. The summed E-state index contributed by atoms with van der Waals surface area (Å²) in [6.45, 7) is 6.93. The highest BCUT2D eigenvalue weighted by atomic mass is 16.2. The largest absolute Gasteiger partial charge is 0.368 e. The number of carbonyl (C=O) groups is 1. The van der Waals surface area contributed by atoms with E-state index < -0.39 is 0 Å². The summed E-state index contributed by atoms with van der Waals surface area (Å²) >= 11 is 0. The third kappa shape index (κ3) is 4.76. The molecule has 1 unspecified atom stereocenters. The van der Waals surface area contributed by atoms with E-state index in [-0.39, 0.29) is 17.9 Å². The second-order valence-corrected chi connectivity index (χ2v) is 9.56. The lowest BCUT2D eigenvalue weighted by atomic mass is 9.88. The van der Waals surface area contributed by atoms with Crippen LogP contribution in [0.4, 0.5) is 11.5 Å². The van der Waals surface area contributed by atoms with E-state index >= 15 is 0 Å². The number of aromatic amines is 1. The number of carbonyl (C=O) groups excluding carboxylic acids is 1. The Morgan fingerprint density at radius 1 is 1.06 bits per heavy atom. The molecule has 6 nitrogen and oxygen atoms in total. The maximum Gasteiger partial charge on any atom is 0.231 e. The van der Waals surface area contributed by atoms with Gasteiger partial charge in [0.05, 0.1) is 0 Å². The normalized spacial score (nSPS) is 19.0. The number of amides is 1. The first-order valence-corrected chi connectivity index (χ1v) is 12.5. The Labute approximate surface area is 196 Å². The van der Waals surface area contributed by atoms with Crippen LogP contribution in [0.2, 0.25) is 0 Å². The summed E-state index contributed by atoms with van der Waals surface area (Å²) in [7, 11) is 0. The Kier molecular flexibility index (Phi) is 6.63. The number of aromatic nitrogens is 2. The molecular weight excluding hydrogens is 410 g/mol. The third-order valence-electron chi connectivity index (χ3n) is 7.44. The van der Waals surface area contributed by atoms with Gasteiger partial charge in [0.15, 0.2) is 0 Å². The molecule has 1 aliphatic heterocycles. The standard InChI is InChI=1S/C27H35N5O/c1-21(20-32(26-12-5-6-14-29-26)27(33)22-8-3-2-4-9-22)30-16-18-31(19-17-30)25-11-7-10-24-23(25)13-15-28-24/h5-7,10-15,21-22,28H,2-4,8-9,16-20H2,1H3. The molecule has 1 aromatic carbocycles. The molecule has 0 spiro atoms. The summed E-state index contributed by atoms with van der Waals surface area (Å²) in [5, 5.41) is 1.29. The highest BCUT2D eigenvalue weighted by molar-refractivity contribution is 5.94. The topological polar surface area (TPSA) is 55.5 Å². The fourth-order valence-electron chi connectivity index (χ4n) is 5.51. The van der Waals surface area contributed by atoms with Gasteiger partial charge in [0, 0.05) is 73.7 Å². The second kappa shape index (κ2) is 9.96. The molecule has 0 radical (unpaired) electrons. The molecule has 2 aliphatic rings. The minimum Gasteiger partial charge on any atom is -0.368 e. The molecular formula is C27H35N5O. The van der Waals surface area contributed by atoms with Crippen LogP contribution in [0.1, 0.15) is 39.0 Å². The number of fused-ring (bicyclic) bond motifs is 1. The van der Waals surface area contributed by atoms with E-state index in [9.17, 15) is 4.79 Å². The molecule has 1 atom stereocenters. The maximum absolute atomic E-state index is 13.5. The Morgan fingerprint density at radius 3 is 2.64 bits per heavy atom. The summed E-state index contributed by atoms with van der Waals surface area (Å²) in [6, 6.07) is 14.8. The van der Waals surface area contributed by atoms with Crippen molar-refractivity contribution in [3.63, 3.8) is 0 Å². The number of nitrogens with one attached hydrogen (secondary N) is 1. The van der Waals surface area contributed by atoms with Crippen molar-refractivity contribution >= 4 is 28.3 Å². The molecule has 1 saturated carbocycles. The van der Waals surface area contributed by atoms with Gasteiger partial charge in [-0.05, 0) is 50.1 Å². The van der Waals surface area contributed by atoms with Gasteiger partial charge < -0.3 is 9.88 Å². The SMILES string of the molecule is CC(CN(C(=O)C1CCCCC1)c1ccccn1)N1CCN(c2cccc3[nH]ccc23)CC1. The van der Waals surface area contributed by atoms with E-state index in [0.717, 1.165) is 57.7 Å². The number of anilines is 2. The number of H-pyrrole nitrogens is 1. The van der Waals surface area contributed by atoms with Crippen molar-refractivity contribution < 1.29 is 4.79 Å². The van der Waals surface area contributed by atoms with E-state index in [1.54, 1.807) is 6.20 Å². The molecule has 6 heteroatoms. The first-order valence-electron chi connectivity index (χ1n) is 12.5. The summed E-state index contributed by atoms with van der Waals surface area (Å²) in [4.78, 5) is 28.4. The smallest absolute Gasteiger partial charge is 0.231 e. The van der Waals surface area contributed by atoms with Crippen LogP contribution in [0.5, 0.6) is 0 Å². The maximum atomic E-state index is 13.5. The fraction of sp³-hybridized carbons (Fsp3) is 0.481. The molecule has 5 rings (SSSR count). The van der Waals surface area contributed by atoms with Gasteiger partial charge >= 0.3 is 0 Å². The number of hydrogen-bond acceptors (Lipinski definition) is 4. The monoisotopic (exact) mass is 445 g/mol. The zero-order valence-electron chi connectivity index (χ0n) is 19.6. The first kappa shape index (κ1) is 22.0. The van der Waals surface area contributed by atoms with Crippen molar-refractivity contribution in [3.05, 3.63) is 54.9 Å². The lowest BCUT2D eigenvalue weighted by molar-refractivity contribution is -0.123. The minimum absolute atomic E-state index is 0.145. The van der Waals surface area contributed by atoms with Crippen LogP contribution >= 0.6 is 0 Å². The van der Waals surface area contributed by atoms with Crippen LogP contribution in [0.25, 0.3) is 10.9 Å². The fourth-order valence-corrected chi connectivity index (χ4v) is 5.51. The van der Waals surface area contributed by atoms with E-state index in [4.69, 9.17) is 0 Å². The Hall–Kier alpha value is -2.86. The summed E-state index contributed by atoms with van der Waals surface area (Å²) in [5.74, 6) is 1.20. The van der Waals surface area contributed by atoms with Crippen LogP contribution in [-0.4, -0.2) is 59.5 Å². The zero-order chi connectivity index (χ0) is 22.6. The Morgan fingerprint density at radius 2 is 1.88 bits per heavy atom. The second-order valence-electron chi connectivity index (χ2n) is 9.56. The number of benzene rings is 1. The number of nitrogens with zero attached hydrogens (tertiary/aromatic N) is 4. The van der Waals surface area contributed by atoms with Gasteiger partial charge in [0.2, 0.25) is 5.91 Å². The first-order chi connectivity index (χ1) is 16.2. The van der Waals surface area contributed by atoms with Gasteiger partial charge in [-0.25, -0.2) is 4.98 Å². The van der Waals surface area contributed by atoms with Gasteiger partial charge in [-0.1, -0.05) is 31.4 Å². The van der Waals surface area contributed by atoms with Crippen molar-refractivity contribution in [2.45, 2.75) is 45.1 Å². The summed E-state index contributed by atoms with van der Waals surface area (Å²) in [6.07, 6.45) is 9.42. The molecule has 3 aromatic rings. The number of piperazine rings is 1. The van der Waals surface area contributed by atoms with Crippen molar-refractivity contribution in [3.8, 4) is 0 Å². The van der Waals surface area contributed by atoms with Crippen molar-refractivity contribution in [2.75, 3.05) is 42.5 Å². The summed E-state index contributed by atoms with van der Waals surface area (Å²) in [5.41, 5.74) is 2.50. The lowest BCUT2D eigenvalue weighted by Crippen LogP contribution is -2.53. The van der Waals surface area contributed by atoms with Gasteiger partial charge in [-0.3, -0.25) is 14.6 Å². The molecule has 1 N–H and O–H groups in total. The van der Waals surface area contributed by atoms with E-state index in [1.165, 1.54) is 23.0 Å². The molecule has 33 heavy (non-hydrogen) atoms. The molecule has 1 amide bonds. The van der Waals surface area contributed by atoms with E-state index in [1.807, 2.05) is 29.3 Å². The molecule has 174 valence electrons. The number of hydrogen-bond donors (Lipinski definition) is 1. The van der Waals surface area contributed by atoms with Crippen LogP contribution in [-0.2, 0) is 4.79 Å². The highest BCUT2D eigenvalue weighted by Gasteiger charge is 2.30. The number of rotatable bonds is 6. The van der Waals surface area contributed by atoms with Crippen LogP contribution in [0.15, 0.2) is 54.9 Å². The van der Waals surface area contributed by atoms with Gasteiger partial charge in [-0.2, -0.15) is 0 Å². The third-order valence-corrected chi connectivity index (χ3v) is 7.44. The quantitative estimate of drug-likeness (QED) is 0.598. The van der Waals surface area contributed by atoms with Crippen LogP contribution in [0, 0.1) is 5.92 Å². The average molecular weight is 446 g/mol. The van der Waals surface area contributed by atoms with Gasteiger partial charge in [-0.15, -0.1) is 0 Å². The predicted octanol–water partition coefficient (Wildman–Crippen LogP) is 4.69. The number of pyridine rings is 1.